The summed E-state index contributed by atoms with van der Waals surface area (Å²) in [5.74, 6) is -0.330. The van der Waals surface area contributed by atoms with Crippen molar-refractivity contribution >= 4 is 63.8 Å². The number of amides is 1. The molecule has 3 N–H and O–H groups in total. The van der Waals surface area contributed by atoms with Crippen LogP contribution in [0.3, 0.4) is 0 Å². The van der Waals surface area contributed by atoms with Gasteiger partial charge in [-0.25, -0.2) is 4.98 Å². The van der Waals surface area contributed by atoms with Crippen LogP contribution in [0, 0.1) is 0 Å². The minimum Gasteiger partial charge on any atom is -0.384 e. The van der Waals surface area contributed by atoms with Crippen molar-refractivity contribution in [3.8, 4) is 0 Å². The maximum absolute atomic E-state index is 12.1. The Bertz CT molecular complexity index is 647. The number of carbonyl (C=O) groups excluding carboxylic acids is 1. The van der Waals surface area contributed by atoms with Gasteiger partial charge in [0.15, 0.2) is 0 Å². The molecule has 0 spiro atoms. The summed E-state index contributed by atoms with van der Waals surface area (Å²) < 4.78 is 0. The zero-order valence-electron chi connectivity index (χ0n) is 9.75. The second-order valence-corrected chi connectivity index (χ2v) is 5.44. The summed E-state index contributed by atoms with van der Waals surface area (Å²) in [6, 6.07) is 5.71. The topological polar surface area (TPSA) is 68.0 Å². The van der Waals surface area contributed by atoms with Crippen molar-refractivity contribution in [2.75, 3.05) is 11.1 Å². The molecule has 0 saturated carbocycles. The lowest BCUT2D eigenvalue weighted by Gasteiger charge is -2.10. The quantitative estimate of drug-likeness (QED) is 0.782. The van der Waals surface area contributed by atoms with E-state index in [2.05, 4.69) is 10.3 Å². The average molecular weight is 351 g/mol. The fraction of sp³-hybridized carbons (Fsp3) is 0. The Labute approximate surface area is 134 Å². The van der Waals surface area contributed by atoms with Gasteiger partial charge in [0, 0.05) is 10.6 Å². The normalized spacial score (nSPS) is 10.4. The zero-order valence-corrected chi connectivity index (χ0v) is 12.8. The number of hydrogen-bond donors (Lipinski definition) is 2. The van der Waals surface area contributed by atoms with Crippen molar-refractivity contribution < 1.29 is 4.79 Å². The van der Waals surface area contributed by atoms with Gasteiger partial charge in [-0.3, -0.25) is 4.79 Å². The van der Waals surface area contributed by atoms with Crippen LogP contribution in [0.5, 0.6) is 0 Å². The van der Waals surface area contributed by atoms with E-state index in [1.54, 1.807) is 0 Å². The van der Waals surface area contributed by atoms with Gasteiger partial charge in [-0.2, -0.15) is 0 Å². The first-order chi connectivity index (χ1) is 9.36. The molecule has 0 unspecified atom stereocenters. The Kier molecular flexibility index (Phi) is 4.60. The average Bonchev–Trinajstić information content (AvgIpc) is 2.32. The van der Waals surface area contributed by atoms with Gasteiger partial charge in [0.2, 0.25) is 0 Å². The van der Waals surface area contributed by atoms with Crippen molar-refractivity contribution in [1.29, 1.82) is 0 Å². The Hall–Kier alpha value is -1.20. The summed E-state index contributed by atoms with van der Waals surface area (Å²) in [4.78, 5) is 15.9. The summed E-state index contributed by atoms with van der Waals surface area (Å²) >= 11 is 23.5. The second kappa shape index (κ2) is 6.06. The van der Waals surface area contributed by atoms with E-state index >= 15 is 0 Å². The molecule has 1 aromatic heterocycles. The molecule has 0 atom stereocenters. The van der Waals surface area contributed by atoms with E-state index in [1.165, 1.54) is 24.3 Å². The molecule has 20 heavy (non-hydrogen) atoms. The van der Waals surface area contributed by atoms with E-state index in [0.717, 1.165) is 0 Å². The van der Waals surface area contributed by atoms with Crippen LogP contribution in [0.15, 0.2) is 24.3 Å². The molecule has 2 aromatic rings. The van der Waals surface area contributed by atoms with Gasteiger partial charge in [-0.05, 0) is 24.3 Å². The van der Waals surface area contributed by atoms with Crippen LogP contribution >= 0.6 is 46.4 Å². The number of nitrogens with two attached hydrogens (primary N) is 1. The molecule has 0 aliphatic carbocycles. The van der Waals surface area contributed by atoms with Crippen molar-refractivity contribution in [2.24, 2.45) is 0 Å². The van der Waals surface area contributed by atoms with Gasteiger partial charge in [-0.1, -0.05) is 46.4 Å². The summed E-state index contributed by atoms with van der Waals surface area (Å²) in [5.41, 5.74) is 6.02. The number of pyridine rings is 1. The number of nitrogen functional groups attached to an aromatic ring is 1. The third-order valence-electron chi connectivity index (χ3n) is 2.32. The Morgan fingerprint density at radius 2 is 1.65 bits per heavy atom. The highest BCUT2D eigenvalue weighted by molar-refractivity contribution is 6.42. The van der Waals surface area contributed by atoms with Crippen LogP contribution in [-0.4, -0.2) is 10.9 Å². The minimum absolute atomic E-state index is 0.114. The van der Waals surface area contributed by atoms with E-state index in [4.69, 9.17) is 52.1 Å². The maximum atomic E-state index is 12.1. The van der Waals surface area contributed by atoms with Crippen LogP contribution in [0.25, 0.3) is 0 Å². The fourth-order valence-electron chi connectivity index (χ4n) is 1.50. The van der Waals surface area contributed by atoms with Gasteiger partial charge in [-0.15, -0.1) is 0 Å². The lowest BCUT2D eigenvalue weighted by atomic mass is 10.2. The molecule has 0 bridgehead atoms. The van der Waals surface area contributed by atoms with Gasteiger partial charge in [0.25, 0.3) is 5.91 Å². The van der Waals surface area contributed by atoms with Gasteiger partial charge >= 0.3 is 0 Å². The molecule has 8 heteroatoms. The van der Waals surface area contributed by atoms with Crippen molar-refractivity contribution in [3.63, 3.8) is 0 Å². The summed E-state index contributed by atoms with van der Waals surface area (Å²) in [6.07, 6.45) is 0. The molecular weight excluding hydrogens is 344 g/mol. The summed E-state index contributed by atoms with van der Waals surface area (Å²) in [7, 11) is 0. The summed E-state index contributed by atoms with van der Waals surface area (Å²) in [5, 5.41) is 3.51. The zero-order chi connectivity index (χ0) is 14.9. The number of nitrogens with zero attached hydrogens (tertiary/aromatic N) is 1. The van der Waals surface area contributed by atoms with Crippen molar-refractivity contribution in [2.45, 2.75) is 0 Å². The third-order valence-corrected chi connectivity index (χ3v) is 3.33. The van der Waals surface area contributed by atoms with Gasteiger partial charge < -0.3 is 11.1 Å². The highest BCUT2D eigenvalue weighted by Gasteiger charge is 2.14. The smallest absolute Gasteiger partial charge is 0.255 e. The molecule has 0 radical (unpaired) electrons. The largest absolute Gasteiger partial charge is 0.384 e. The second-order valence-electron chi connectivity index (χ2n) is 3.80. The summed E-state index contributed by atoms with van der Waals surface area (Å²) in [6.45, 7) is 0. The molecular formula is C12H7Cl4N3O. The van der Waals surface area contributed by atoms with Crippen LogP contribution in [0.4, 0.5) is 11.5 Å². The Morgan fingerprint density at radius 3 is 2.20 bits per heavy atom. The SMILES string of the molecule is Nc1cc(C(=O)Nc2c(Cl)cc(Cl)cc2Cl)cc(Cl)n1. The number of carbonyl (C=O) groups is 1. The molecule has 4 nitrogen and oxygen atoms in total. The predicted octanol–water partition coefficient (Wildman–Crippen LogP) is 4.53. The van der Waals surface area contributed by atoms with E-state index in [1.807, 2.05) is 0 Å². The lowest BCUT2D eigenvalue weighted by Crippen LogP contribution is -2.13. The van der Waals surface area contributed by atoms with E-state index in [-0.39, 0.29) is 32.3 Å². The van der Waals surface area contributed by atoms with E-state index < -0.39 is 5.91 Å². The number of anilines is 2. The first-order valence-corrected chi connectivity index (χ1v) is 6.77. The highest BCUT2D eigenvalue weighted by Crippen LogP contribution is 2.34. The monoisotopic (exact) mass is 349 g/mol. The highest BCUT2D eigenvalue weighted by atomic mass is 35.5. The molecule has 104 valence electrons. The van der Waals surface area contributed by atoms with Crippen molar-refractivity contribution in [1.82, 2.24) is 4.98 Å². The first-order valence-electron chi connectivity index (χ1n) is 5.26. The van der Waals surface area contributed by atoms with Crippen LogP contribution < -0.4 is 11.1 Å². The van der Waals surface area contributed by atoms with Crippen LogP contribution in [0.2, 0.25) is 20.2 Å². The molecule has 2 rings (SSSR count). The maximum Gasteiger partial charge on any atom is 0.255 e. The standard InChI is InChI=1S/C12H7Cl4N3O/c13-6-3-7(14)11(8(15)4-6)19-12(20)5-1-9(16)18-10(17)2-5/h1-4H,(H2,17,18)(H,19,20). The Balaban J connectivity index is 2.32. The predicted molar refractivity (Wildman–Crippen MR) is 83.1 cm³/mol. The van der Waals surface area contributed by atoms with E-state index in [0.29, 0.717) is 5.02 Å². The number of nitrogens with one attached hydrogen (secondary N) is 1. The number of aromatic nitrogens is 1. The molecule has 1 heterocycles. The van der Waals surface area contributed by atoms with Crippen LogP contribution in [-0.2, 0) is 0 Å². The van der Waals surface area contributed by atoms with E-state index in [9.17, 15) is 4.79 Å². The first kappa shape index (κ1) is 15.2. The third kappa shape index (κ3) is 3.46. The number of hydrogen-bond acceptors (Lipinski definition) is 3. The molecule has 0 aliphatic heterocycles. The number of rotatable bonds is 2. The minimum atomic E-state index is -0.466. The van der Waals surface area contributed by atoms with Gasteiger partial charge in [0.1, 0.15) is 11.0 Å². The molecule has 0 aliphatic rings. The molecule has 0 saturated heterocycles. The lowest BCUT2D eigenvalue weighted by molar-refractivity contribution is 0.102. The van der Waals surface area contributed by atoms with Crippen molar-refractivity contribution in [3.05, 3.63) is 50.0 Å². The molecule has 1 amide bonds. The molecule has 0 fully saturated rings. The molecule has 1 aromatic carbocycles. The Morgan fingerprint density at radius 1 is 1.05 bits per heavy atom. The van der Waals surface area contributed by atoms with Crippen LogP contribution in [0.1, 0.15) is 10.4 Å². The van der Waals surface area contributed by atoms with Gasteiger partial charge in [0.05, 0.1) is 15.7 Å². The number of halogens is 4. The number of benzene rings is 1. The fourth-order valence-corrected chi connectivity index (χ4v) is 2.62.